The number of furan rings is 1. The Morgan fingerprint density at radius 3 is 2.62 bits per heavy atom. The second kappa shape index (κ2) is 4.85. The van der Waals surface area contributed by atoms with Crippen LogP contribution in [0.15, 0.2) is 22.8 Å². The van der Waals surface area contributed by atoms with Crippen molar-refractivity contribution >= 4 is 5.91 Å². The Morgan fingerprint density at radius 2 is 2.05 bits per heavy atom. The van der Waals surface area contributed by atoms with Gasteiger partial charge in [-0.25, -0.2) is 0 Å². The second-order valence-corrected chi connectivity index (χ2v) is 6.55. The highest BCUT2D eigenvalue weighted by molar-refractivity contribution is 5.82. The first-order chi connectivity index (χ1) is 10.2. The number of nitrogens with zero attached hydrogens (tertiary/aromatic N) is 1. The number of hydrogen-bond acceptors (Lipinski definition) is 4. The molecule has 3 aliphatic heterocycles. The van der Waals surface area contributed by atoms with Crippen molar-refractivity contribution in [3.05, 3.63) is 24.2 Å². The summed E-state index contributed by atoms with van der Waals surface area (Å²) in [6, 6.07) is 3.85. The number of ether oxygens (including phenoxy) is 1. The van der Waals surface area contributed by atoms with Gasteiger partial charge in [0, 0.05) is 31.5 Å². The lowest BCUT2D eigenvalue weighted by atomic mass is 9.84. The van der Waals surface area contributed by atoms with Crippen molar-refractivity contribution in [3.8, 4) is 0 Å². The van der Waals surface area contributed by atoms with E-state index in [0.29, 0.717) is 25.2 Å². The number of carbonyl (C=O) groups excluding carboxylic acids is 1. The monoisotopic (exact) mass is 291 g/mol. The third-order valence-corrected chi connectivity index (χ3v) is 5.21. The molecule has 4 heterocycles. The minimum atomic E-state index is -0.928. The lowest BCUT2D eigenvalue weighted by Crippen LogP contribution is -2.54. The first-order valence-corrected chi connectivity index (χ1v) is 7.87. The van der Waals surface area contributed by atoms with Crippen molar-refractivity contribution in [2.24, 2.45) is 0 Å². The summed E-state index contributed by atoms with van der Waals surface area (Å²) < 4.78 is 11.0. The number of amides is 1. The van der Waals surface area contributed by atoms with Gasteiger partial charge in [0.05, 0.1) is 6.26 Å². The predicted molar refractivity (Wildman–Crippen MR) is 74.5 cm³/mol. The molecule has 1 aromatic rings. The van der Waals surface area contributed by atoms with Gasteiger partial charge in [-0.15, -0.1) is 0 Å². The fourth-order valence-corrected chi connectivity index (χ4v) is 4.27. The van der Waals surface area contributed by atoms with Gasteiger partial charge in [0.1, 0.15) is 17.5 Å². The third kappa shape index (κ3) is 2.10. The molecule has 0 saturated carbocycles. The molecule has 5 nitrogen and oxygen atoms in total. The number of hydrogen-bond donors (Lipinski definition) is 1. The predicted octanol–water partition coefficient (Wildman–Crippen LogP) is 1.80. The van der Waals surface area contributed by atoms with Gasteiger partial charge in [-0.1, -0.05) is 0 Å². The topological polar surface area (TPSA) is 62.9 Å². The number of piperidine rings is 1. The molecule has 3 atom stereocenters. The van der Waals surface area contributed by atoms with Gasteiger partial charge < -0.3 is 19.2 Å². The quantitative estimate of drug-likeness (QED) is 0.902. The lowest BCUT2D eigenvalue weighted by molar-refractivity contribution is -0.152. The molecular formula is C16H21NO4. The zero-order valence-corrected chi connectivity index (χ0v) is 12.0. The van der Waals surface area contributed by atoms with Crippen LogP contribution >= 0.6 is 0 Å². The minimum absolute atomic E-state index is 0.107. The lowest BCUT2D eigenvalue weighted by Gasteiger charge is -2.43. The van der Waals surface area contributed by atoms with Crippen molar-refractivity contribution in [2.75, 3.05) is 6.61 Å². The number of fused-ring (bicyclic) bond motifs is 2. The molecule has 1 N–H and O–H groups in total. The molecule has 3 saturated heterocycles. The fraction of sp³-hybridized carbons (Fsp3) is 0.688. The molecular weight excluding hydrogens is 270 g/mol. The fourth-order valence-electron chi connectivity index (χ4n) is 4.27. The standard InChI is InChI=1S/C16H21NO4/c18-15(13-3-1-7-20-13)17-11-5-6-12(17)10-16(19,9-11)14-4-2-8-21-14/h2,4,8,11-13,19H,1,3,5-7,9-10H2/t11-,12-,13+/m1/s1. The van der Waals surface area contributed by atoms with Gasteiger partial charge in [-0.3, -0.25) is 4.79 Å². The Hall–Kier alpha value is -1.33. The molecule has 2 bridgehead atoms. The molecule has 4 rings (SSSR count). The Morgan fingerprint density at radius 1 is 1.29 bits per heavy atom. The summed E-state index contributed by atoms with van der Waals surface area (Å²) >= 11 is 0. The molecule has 0 unspecified atom stereocenters. The molecule has 1 aromatic heterocycles. The summed E-state index contributed by atoms with van der Waals surface area (Å²) in [5.41, 5.74) is -0.928. The maximum absolute atomic E-state index is 12.7. The number of aliphatic hydroxyl groups is 1. The average Bonchev–Trinajstić information content (AvgIpc) is 3.18. The van der Waals surface area contributed by atoms with E-state index in [-0.39, 0.29) is 24.1 Å². The second-order valence-electron chi connectivity index (χ2n) is 6.55. The van der Waals surface area contributed by atoms with E-state index in [1.165, 1.54) is 0 Å². The van der Waals surface area contributed by atoms with Gasteiger partial charge in [0.25, 0.3) is 5.91 Å². The maximum atomic E-state index is 12.7. The van der Waals surface area contributed by atoms with Crippen LogP contribution < -0.4 is 0 Å². The van der Waals surface area contributed by atoms with E-state index < -0.39 is 5.60 Å². The van der Waals surface area contributed by atoms with Gasteiger partial charge in [-0.2, -0.15) is 0 Å². The van der Waals surface area contributed by atoms with E-state index in [9.17, 15) is 9.90 Å². The third-order valence-electron chi connectivity index (χ3n) is 5.21. The molecule has 0 spiro atoms. The van der Waals surface area contributed by atoms with Crippen LogP contribution in [0.3, 0.4) is 0 Å². The van der Waals surface area contributed by atoms with Crippen LogP contribution in [0, 0.1) is 0 Å². The van der Waals surface area contributed by atoms with Gasteiger partial charge in [0.15, 0.2) is 0 Å². The minimum Gasteiger partial charge on any atom is -0.466 e. The van der Waals surface area contributed by atoms with Gasteiger partial charge in [-0.05, 0) is 37.8 Å². The van der Waals surface area contributed by atoms with Crippen molar-refractivity contribution in [3.63, 3.8) is 0 Å². The Bertz CT molecular complexity index is 506. The van der Waals surface area contributed by atoms with E-state index in [1.807, 2.05) is 11.0 Å². The van der Waals surface area contributed by atoms with Crippen LogP contribution in [0.5, 0.6) is 0 Å². The summed E-state index contributed by atoms with van der Waals surface area (Å²) in [5.74, 6) is 0.755. The van der Waals surface area contributed by atoms with Crippen LogP contribution in [0.4, 0.5) is 0 Å². The molecule has 114 valence electrons. The summed E-state index contributed by atoms with van der Waals surface area (Å²) in [6.07, 6.45) is 6.19. The van der Waals surface area contributed by atoms with Crippen LogP contribution in [-0.4, -0.2) is 40.7 Å². The van der Waals surface area contributed by atoms with E-state index in [1.54, 1.807) is 12.3 Å². The average molecular weight is 291 g/mol. The van der Waals surface area contributed by atoms with E-state index in [4.69, 9.17) is 9.15 Å². The summed E-state index contributed by atoms with van der Waals surface area (Å²) in [6.45, 7) is 0.690. The van der Waals surface area contributed by atoms with Gasteiger partial charge >= 0.3 is 0 Å². The van der Waals surface area contributed by atoms with Crippen LogP contribution in [0.1, 0.15) is 44.3 Å². The summed E-state index contributed by atoms with van der Waals surface area (Å²) in [7, 11) is 0. The Balaban J connectivity index is 1.55. The number of rotatable bonds is 2. The highest BCUT2D eigenvalue weighted by atomic mass is 16.5. The zero-order chi connectivity index (χ0) is 14.4. The highest BCUT2D eigenvalue weighted by Crippen LogP contribution is 2.46. The largest absolute Gasteiger partial charge is 0.466 e. The molecule has 0 aliphatic carbocycles. The first-order valence-electron chi connectivity index (χ1n) is 7.87. The van der Waals surface area contributed by atoms with Crippen molar-refractivity contribution in [2.45, 2.75) is 62.3 Å². The zero-order valence-electron chi connectivity index (χ0n) is 12.0. The Kier molecular flexibility index (Phi) is 3.08. The molecule has 3 aliphatic rings. The first kappa shape index (κ1) is 13.3. The molecule has 1 amide bonds. The highest BCUT2D eigenvalue weighted by Gasteiger charge is 2.52. The van der Waals surface area contributed by atoms with E-state index >= 15 is 0 Å². The van der Waals surface area contributed by atoms with Crippen LogP contribution in [0.2, 0.25) is 0 Å². The smallest absolute Gasteiger partial charge is 0.252 e. The van der Waals surface area contributed by atoms with E-state index in [0.717, 1.165) is 25.7 Å². The van der Waals surface area contributed by atoms with Crippen LogP contribution in [-0.2, 0) is 15.1 Å². The molecule has 0 radical (unpaired) electrons. The van der Waals surface area contributed by atoms with Crippen LogP contribution in [0.25, 0.3) is 0 Å². The summed E-state index contributed by atoms with van der Waals surface area (Å²) in [5, 5.41) is 10.9. The molecule has 21 heavy (non-hydrogen) atoms. The summed E-state index contributed by atoms with van der Waals surface area (Å²) in [4.78, 5) is 14.6. The van der Waals surface area contributed by atoms with Crippen molar-refractivity contribution in [1.82, 2.24) is 4.90 Å². The molecule has 5 heteroatoms. The van der Waals surface area contributed by atoms with Gasteiger partial charge in [0.2, 0.25) is 0 Å². The Labute approximate surface area is 123 Å². The SMILES string of the molecule is O=C([C@@H]1CCCO1)N1[C@@H]2CC[C@@H]1CC(O)(c1ccco1)C2. The number of carbonyl (C=O) groups is 1. The molecule has 3 fully saturated rings. The van der Waals surface area contributed by atoms with Crippen molar-refractivity contribution in [1.29, 1.82) is 0 Å². The van der Waals surface area contributed by atoms with Crippen molar-refractivity contribution < 1.29 is 19.1 Å². The van der Waals surface area contributed by atoms with E-state index in [2.05, 4.69) is 0 Å². The molecule has 0 aromatic carbocycles. The maximum Gasteiger partial charge on any atom is 0.252 e. The normalized spacial score (nSPS) is 38.9.